The molecule has 0 spiro atoms. The molecule has 0 amide bonds. The maximum absolute atomic E-state index is 10.6. The number of aryl methyl sites for hydroxylation is 1. The summed E-state index contributed by atoms with van der Waals surface area (Å²) in [6.07, 6.45) is 5.99. The lowest BCUT2D eigenvalue weighted by molar-refractivity contribution is -0.138. The van der Waals surface area contributed by atoms with Gasteiger partial charge in [0.1, 0.15) is 0 Å². The standard InChI is InChI=1S/C11H14N2O2S/c1-3-5-13(7-11(14)15)6-4-10-9(2)12-8-16-10/h1,8H,4-7H2,2H3,(H,14,15). The van der Waals surface area contributed by atoms with Crippen LogP contribution in [-0.2, 0) is 11.2 Å². The van der Waals surface area contributed by atoms with Crippen molar-refractivity contribution in [1.82, 2.24) is 9.88 Å². The molecule has 0 saturated heterocycles. The normalized spacial score (nSPS) is 10.3. The van der Waals surface area contributed by atoms with Gasteiger partial charge >= 0.3 is 5.97 Å². The predicted octanol–water partition coefficient (Wildman–Crippen LogP) is 1.01. The minimum Gasteiger partial charge on any atom is -0.480 e. The van der Waals surface area contributed by atoms with E-state index in [1.807, 2.05) is 6.92 Å². The summed E-state index contributed by atoms with van der Waals surface area (Å²) >= 11 is 1.59. The Balaban J connectivity index is 2.47. The van der Waals surface area contributed by atoms with Gasteiger partial charge in [-0.25, -0.2) is 4.98 Å². The quantitative estimate of drug-likeness (QED) is 0.752. The van der Waals surface area contributed by atoms with Crippen molar-refractivity contribution in [3.63, 3.8) is 0 Å². The molecule has 0 aliphatic carbocycles. The monoisotopic (exact) mass is 238 g/mol. The molecule has 86 valence electrons. The lowest BCUT2D eigenvalue weighted by atomic mass is 10.3. The Morgan fingerprint density at radius 1 is 1.75 bits per heavy atom. The van der Waals surface area contributed by atoms with Gasteiger partial charge in [-0.3, -0.25) is 9.69 Å². The largest absolute Gasteiger partial charge is 0.480 e. The first-order valence-electron chi connectivity index (χ1n) is 4.90. The molecule has 1 N–H and O–H groups in total. The van der Waals surface area contributed by atoms with E-state index in [2.05, 4.69) is 10.9 Å². The van der Waals surface area contributed by atoms with E-state index in [1.54, 1.807) is 21.7 Å². The zero-order valence-electron chi connectivity index (χ0n) is 9.14. The molecular formula is C11H14N2O2S. The molecule has 0 bridgehead atoms. The summed E-state index contributed by atoms with van der Waals surface area (Å²) in [6, 6.07) is 0. The molecule has 0 saturated carbocycles. The van der Waals surface area contributed by atoms with Gasteiger partial charge in [-0.2, -0.15) is 0 Å². The minimum absolute atomic E-state index is 0.0119. The number of rotatable bonds is 6. The molecule has 0 radical (unpaired) electrons. The molecule has 0 unspecified atom stereocenters. The van der Waals surface area contributed by atoms with Crippen LogP contribution in [0.4, 0.5) is 0 Å². The SMILES string of the molecule is C#CCN(CCc1scnc1C)CC(=O)O. The molecule has 0 fully saturated rings. The number of thiazole rings is 1. The highest BCUT2D eigenvalue weighted by Crippen LogP contribution is 2.13. The van der Waals surface area contributed by atoms with Gasteiger partial charge < -0.3 is 5.11 Å². The minimum atomic E-state index is -0.851. The van der Waals surface area contributed by atoms with E-state index in [0.29, 0.717) is 13.1 Å². The number of hydrogen-bond donors (Lipinski definition) is 1. The molecule has 0 aliphatic rings. The fourth-order valence-corrected chi connectivity index (χ4v) is 2.13. The van der Waals surface area contributed by atoms with Crippen molar-refractivity contribution in [1.29, 1.82) is 0 Å². The number of carboxylic acid groups (broad SMARTS) is 1. The average Bonchev–Trinajstić information content (AvgIpc) is 2.60. The second kappa shape index (κ2) is 6.26. The molecule has 16 heavy (non-hydrogen) atoms. The van der Waals surface area contributed by atoms with Crippen LogP contribution in [0.1, 0.15) is 10.6 Å². The van der Waals surface area contributed by atoms with E-state index < -0.39 is 5.97 Å². The molecule has 0 aliphatic heterocycles. The van der Waals surface area contributed by atoms with Crippen LogP contribution in [0.3, 0.4) is 0 Å². The van der Waals surface area contributed by atoms with Crippen molar-refractivity contribution in [3.8, 4) is 12.3 Å². The predicted molar refractivity (Wildman–Crippen MR) is 63.5 cm³/mol. The number of aromatic nitrogens is 1. The van der Waals surface area contributed by atoms with Crippen molar-refractivity contribution in [2.45, 2.75) is 13.3 Å². The Bertz CT molecular complexity index is 395. The number of carbonyl (C=O) groups is 1. The van der Waals surface area contributed by atoms with E-state index in [0.717, 1.165) is 12.1 Å². The Morgan fingerprint density at radius 3 is 3.00 bits per heavy atom. The number of aliphatic carboxylic acids is 1. The van der Waals surface area contributed by atoms with E-state index in [9.17, 15) is 4.79 Å². The molecule has 0 aromatic carbocycles. The van der Waals surface area contributed by atoms with Gasteiger partial charge in [-0.05, 0) is 13.3 Å². The van der Waals surface area contributed by atoms with Crippen molar-refractivity contribution in [2.24, 2.45) is 0 Å². The number of hydrogen-bond acceptors (Lipinski definition) is 4. The lowest BCUT2D eigenvalue weighted by Gasteiger charge is -2.16. The second-order valence-electron chi connectivity index (χ2n) is 3.42. The summed E-state index contributed by atoms with van der Waals surface area (Å²) in [4.78, 5) is 17.7. The van der Waals surface area contributed by atoms with Gasteiger partial charge in [-0.15, -0.1) is 17.8 Å². The van der Waals surface area contributed by atoms with E-state index in [1.165, 1.54) is 4.88 Å². The van der Waals surface area contributed by atoms with Gasteiger partial charge in [0.15, 0.2) is 0 Å². The summed E-state index contributed by atoms with van der Waals surface area (Å²) in [5.74, 6) is 1.62. The topological polar surface area (TPSA) is 53.4 Å². The Hall–Kier alpha value is -1.38. The van der Waals surface area contributed by atoms with Gasteiger partial charge in [0.25, 0.3) is 0 Å². The third-order valence-corrected chi connectivity index (χ3v) is 3.17. The molecule has 1 rings (SSSR count). The molecule has 0 atom stereocenters. The van der Waals surface area contributed by atoms with Crippen molar-refractivity contribution >= 4 is 17.3 Å². The van der Waals surface area contributed by atoms with Gasteiger partial charge in [0.2, 0.25) is 0 Å². The number of carboxylic acids is 1. The first-order chi connectivity index (χ1) is 7.63. The van der Waals surface area contributed by atoms with Crippen LogP contribution in [-0.4, -0.2) is 40.6 Å². The summed E-state index contributed by atoms with van der Waals surface area (Å²) in [5.41, 5.74) is 2.81. The maximum atomic E-state index is 10.6. The molecule has 4 nitrogen and oxygen atoms in total. The summed E-state index contributed by atoms with van der Waals surface area (Å²) in [5, 5.41) is 8.70. The highest BCUT2D eigenvalue weighted by atomic mass is 32.1. The van der Waals surface area contributed by atoms with Crippen LogP contribution in [0, 0.1) is 19.3 Å². The fraction of sp³-hybridized carbons (Fsp3) is 0.455. The molecule has 1 heterocycles. The van der Waals surface area contributed by atoms with Crippen LogP contribution in [0.2, 0.25) is 0 Å². The van der Waals surface area contributed by atoms with Crippen LogP contribution >= 0.6 is 11.3 Å². The lowest BCUT2D eigenvalue weighted by Crippen LogP contribution is -2.32. The maximum Gasteiger partial charge on any atom is 0.317 e. The van der Waals surface area contributed by atoms with Crippen LogP contribution in [0.15, 0.2) is 5.51 Å². The van der Waals surface area contributed by atoms with Crippen LogP contribution in [0.25, 0.3) is 0 Å². The van der Waals surface area contributed by atoms with Gasteiger partial charge in [0, 0.05) is 11.4 Å². The van der Waals surface area contributed by atoms with Gasteiger partial charge in [-0.1, -0.05) is 5.92 Å². The van der Waals surface area contributed by atoms with E-state index in [-0.39, 0.29) is 6.54 Å². The molecule has 1 aromatic heterocycles. The van der Waals surface area contributed by atoms with Crippen molar-refractivity contribution < 1.29 is 9.90 Å². The third-order valence-electron chi connectivity index (χ3n) is 2.17. The second-order valence-corrected chi connectivity index (χ2v) is 4.36. The Kier molecular flexibility index (Phi) is 4.96. The molecular weight excluding hydrogens is 224 g/mol. The van der Waals surface area contributed by atoms with Gasteiger partial charge in [0.05, 0.1) is 24.3 Å². The van der Waals surface area contributed by atoms with E-state index in [4.69, 9.17) is 11.5 Å². The first kappa shape index (κ1) is 12.7. The summed E-state index contributed by atoms with van der Waals surface area (Å²) in [6.45, 7) is 2.96. The van der Waals surface area contributed by atoms with Crippen LogP contribution < -0.4 is 0 Å². The summed E-state index contributed by atoms with van der Waals surface area (Å²) in [7, 11) is 0. The fourth-order valence-electron chi connectivity index (χ4n) is 1.36. The highest BCUT2D eigenvalue weighted by molar-refractivity contribution is 7.09. The average molecular weight is 238 g/mol. The van der Waals surface area contributed by atoms with Crippen molar-refractivity contribution in [2.75, 3.05) is 19.6 Å². The zero-order valence-corrected chi connectivity index (χ0v) is 9.96. The summed E-state index contributed by atoms with van der Waals surface area (Å²) < 4.78 is 0. The smallest absolute Gasteiger partial charge is 0.317 e. The number of terminal acetylenes is 1. The Morgan fingerprint density at radius 2 is 2.50 bits per heavy atom. The van der Waals surface area contributed by atoms with Crippen LogP contribution in [0.5, 0.6) is 0 Å². The number of nitrogens with zero attached hydrogens (tertiary/aromatic N) is 2. The first-order valence-corrected chi connectivity index (χ1v) is 5.78. The third kappa shape index (κ3) is 4.01. The van der Waals surface area contributed by atoms with Crippen molar-refractivity contribution in [3.05, 3.63) is 16.1 Å². The zero-order chi connectivity index (χ0) is 12.0. The Labute approximate surface area is 98.9 Å². The highest BCUT2D eigenvalue weighted by Gasteiger charge is 2.09. The molecule has 1 aromatic rings. The molecule has 5 heteroatoms. The van der Waals surface area contributed by atoms with E-state index >= 15 is 0 Å².